The van der Waals surface area contributed by atoms with Crippen LogP contribution >= 0.6 is 0 Å². The Bertz CT molecular complexity index is 733. The third-order valence-electron chi connectivity index (χ3n) is 2.98. The smallest absolute Gasteiger partial charge is 0.221 e. The summed E-state index contributed by atoms with van der Waals surface area (Å²) in [5, 5.41) is -13.6. The first-order chi connectivity index (χ1) is 10.1. The van der Waals surface area contributed by atoms with Crippen LogP contribution in [0.3, 0.4) is 0 Å². The van der Waals surface area contributed by atoms with Crippen LogP contribution in [0.5, 0.6) is 0 Å². The highest BCUT2D eigenvalue weighted by atomic mass is 32.3. The van der Waals surface area contributed by atoms with Gasteiger partial charge in [-0.1, -0.05) is 0 Å². The molecule has 1 fully saturated rings. The average Bonchev–Trinajstić information content (AvgIpc) is 2.45. The van der Waals surface area contributed by atoms with Gasteiger partial charge in [0.2, 0.25) is 19.7 Å². The largest absolute Gasteiger partial charge is 0.461 e. The molecule has 0 bridgehead atoms. The van der Waals surface area contributed by atoms with E-state index in [1.54, 1.807) is 0 Å². The molecule has 0 saturated carbocycles. The van der Waals surface area contributed by atoms with Crippen molar-refractivity contribution in [3.63, 3.8) is 0 Å². The van der Waals surface area contributed by atoms with Crippen LogP contribution in [0.25, 0.3) is 0 Å². The molecule has 0 aromatic carbocycles. The zero-order valence-corrected chi connectivity index (χ0v) is 12.0. The number of alkyl halides is 11. The van der Waals surface area contributed by atoms with E-state index >= 15 is 0 Å². The molecule has 144 valence electrons. The zero-order valence-electron chi connectivity index (χ0n) is 10.4. The quantitative estimate of drug-likeness (QED) is 0.654. The molecular formula is C7H3F11O4S2. The minimum absolute atomic E-state index is 3.12. The van der Waals surface area contributed by atoms with Gasteiger partial charge in [-0.05, 0) is 0 Å². The maximum atomic E-state index is 13.2. The monoisotopic (exact) mass is 424 g/mol. The summed E-state index contributed by atoms with van der Waals surface area (Å²) in [7, 11) is -14.8. The van der Waals surface area contributed by atoms with Gasteiger partial charge in [0.25, 0.3) is 0 Å². The number of rotatable bonds is 3. The van der Waals surface area contributed by atoms with Gasteiger partial charge in [-0.2, -0.15) is 48.3 Å². The highest BCUT2D eigenvalue weighted by Crippen LogP contribution is 2.57. The Labute approximate surface area is 125 Å². The van der Waals surface area contributed by atoms with E-state index in [1.165, 1.54) is 0 Å². The molecule has 1 heterocycles. The SMILES string of the molecule is O=S1(=O)C(S(=O)(=O)C(F)(F)C(F)(F)C(F)(F)F)CC(F)(F)C1(F)F. The molecule has 0 aromatic rings. The molecule has 4 nitrogen and oxygen atoms in total. The van der Waals surface area contributed by atoms with Crippen LogP contribution in [0.15, 0.2) is 0 Å². The topological polar surface area (TPSA) is 68.3 Å². The summed E-state index contributed by atoms with van der Waals surface area (Å²) < 4.78 is 179. The van der Waals surface area contributed by atoms with Gasteiger partial charge in [0.15, 0.2) is 4.58 Å². The van der Waals surface area contributed by atoms with E-state index in [0.29, 0.717) is 0 Å². The zero-order chi connectivity index (χ0) is 19.8. The van der Waals surface area contributed by atoms with Gasteiger partial charge in [-0.25, -0.2) is 16.8 Å². The standard InChI is InChI=1S/C7H3F11O4S2/c8-3(9)1-2(23(19,20)6(3,15)16)24(21,22)7(17,18)4(10,11)5(12,13)14/h2H,1H2. The Morgan fingerprint density at radius 2 is 1.25 bits per heavy atom. The molecule has 1 aliphatic rings. The molecule has 1 unspecified atom stereocenters. The van der Waals surface area contributed by atoms with Gasteiger partial charge >= 0.3 is 28.5 Å². The third kappa shape index (κ3) is 2.29. The van der Waals surface area contributed by atoms with Crippen molar-refractivity contribution in [1.82, 2.24) is 0 Å². The summed E-state index contributed by atoms with van der Waals surface area (Å²) in [4.78, 5) is 0. The molecule has 1 rings (SSSR count). The molecule has 0 spiro atoms. The first-order valence-corrected chi connectivity index (χ1v) is 8.23. The Hall–Kier alpha value is -0.870. The molecular weight excluding hydrogens is 421 g/mol. The second-order valence-electron chi connectivity index (χ2n) is 4.53. The van der Waals surface area contributed by atoms with E-state index in [-0.39, 0.29) is 0 Å². The van der Waals surface area contributed by atoms with E-state index in [1.807, 2.05) is 0 Å². The van der Waals surface area contributed by atoms with E-state index in [4.69, 9.17) is 0 Å². The number of sulfone groups is 2. The summed E-state index contributed by atoms with van der Waals surface area (Å²) >= 11 is 0. The third-order valence-corrected chi connectivity index (χ3v) is 8.20. The van der Waals surface area contributed by atoms with Crippen molar-refractivity contribution >= 4 is 19.7 Å². The van der Waals surface area contributed by atoms with Crippen molar-refractivity contribution in [1.29, 1.82) is 0 Å². The molecule has 0 aromatic heterocycles. The van der Waals surface area contributed by atoms with E-state index in [2.05, 4.69) is 0 Å². The lowest BCUT2D eigenvalue weighted by atomic mass is 10.3. The Morgan fingerprint density at radius 3 is 1.50 bits per heavy atom. The minimum atomic E-state index is -7.68. The van der Waals surface area contributed by atoms with Crippen molar-refractivity contribution in [2.24, 2.45) is 0 Å². The van der Waals surface area contributed by atoms with Gasteiger partial charge in [-0.3, -0.25) is 0 Å². The fourth-order valence-corrected chi connectivity index (χ4v) is 6.15. The highest BCUT2D eigenvalue weighted by Gasteiger charge is 2.84. The predicted molar refractivity (Wildman–Crippen MR) is 52.1 cm³/mol. The molecule has 0 aliphatic carbocycles. The van der Waals surface area contributed by atoms with Gasteiger partial charge in [-0.15, -0.1) is 0 Å². The van der Waals surface area contributed by atoms with Gasteiger partial charge in [0.05, 0.1) is 6.42 Å². The molecule has 0 N–H and O–H groups in total. The first kappa shape index (κ1) is 21.2. The summed E-state index contributed by atoms with van der Waals surface area (Å²) in [6.07, 6.45) is -10.4. The van der Waals surface area contributed by atoms with Crippen molar-refractivity contribution in [2.75, 3.05) is 0 Å². The fourth-order valence-electron chi connectivity index (χ4n) is 1.60. The Balaban J connectivity index is 3.64. The normalized spacial score (nSPS) is 27.2. The van der Waals surface area contributed by atoms with Crippen molar-refractivity contribution in [3.05, 3.63) is 0 Å². The van der Waals surface area contributed by atoms with Crippen LogP contribution in [0.2, 0.25) is 0 Å². The summed E-state index contributed by atoms with van der Waals surface area (Å²) in [5.41, 5.74) is 0. The van der Waals surface area contributed by atoms with Crippen LogP contribution in [0.1, 0.15) is 6.42 Å². The van der Waals surface area contributed by atoms with Crippen molar-refractivity contribution < 1.29 is 65.1 Å². The second-order valence-corrected chi connectivity index (χ2v) is 9.18. The van der Waals surface area contributed by atoms with Gasteiger partial charge in [0, 0.05) is 0 Å². The van der Waals surface area contributed by atoms with Crippen LogP contribution < -0.4 is 0 Å². The average molecular weight is 424 g/mol. The van der Waals surface area contributed by atoms with E-state index in [0.717, 1.165) is 0 Å². The predicted octanol–water partition coefficient (Wildman–Crippen LogP) is 2.56. The minimum Gasteiger partial charge on any atom is -0.221 e. The number of hydrogen-bond donors (Lipinski definition) is 0. The van der Waals surface area contributed by atoms with Crippen molar-refractivity contribution in [2.45, 2.75) is 39.5 Å². The molecule has 0 amide bonds. The molecule has 0 radical (unpaired) electrons. The van der Waals surface area contributed by atoms with E-state index in [9.17, 15) is 65.1 Å². The molecule has 24 heavy (non-hydrogen) atoms. The lowest BCUT2D eigenvalue weighted by Crippen LogP contribution is -2.58. The van der Waals surface area contributed by atoms with Gasteiger partial charge < -0.3 is 0 Å². The van der Waals surface area contributed by atoms with E-state index < -0.39 is 59.2 Å². The fraction of sp³-hybridized carbons (Fsp3) is 1.00. The second kappa shape index (κ2) is 4.85. The lowest BCUT2D eigenvalue weighted by Gasteiger charge is -2.29. The molecule has 1 aliphatic heterocycles. The number of halogens is 11. The van der Waals surface area contributed by atoms with Crippen LogP contribution in [-0.2, 0) is 19.7 Å². The van der Waals surface area contributed by atoms with Crippen molar-refractivity contribution in [3.8, 4) is 0 Å². The summed E-state index contributed by atoms with van der Waals surface area (Å²) in [5.74, 6) is -13.2. The Morgan fingerprint density at radius 1 is 0.875 bits per heavy atom. The summed E-state index contributed by atoms with van der Waals surface area (Å²) in [6.45, 7) is 0. The summed E-state index contributed by atoms with van der Waals surface area (Å²) in [6, 6.07) is 0. The maximum absolute atomic E-state index is 13.2. The Kier molecular flexibility index (Phi) is 4.28. The van der Waals surface area contributed by atoms with Crippen LogP contribution in [-0.4, -0.2) is 49.9 Å². The van der Waals surface area contributed by atoms with Crippen LogP contribution in [0, 0.1) is 0 Å². The highest BCUT2D eigenvalue weighted by molar-refractivity contribution is 8.10. The molecule has 17 heteroatoms. The maximum Gasteiger partial charge on any atom is 0.461 e. The van der Waals surface area contributed by atoms with Gasteiger partial charge in [0.1, 0.15) is 0 Å². The van der Waals surface area contributed by atoms with Crippen LogP contribution in [0.4, 0.5) is 48.3 Å². The first-order valence-electron chi connectivity index (χ1n) is 5.14. The molecule has 1 atom stereocenters. The lowest BCUT2D eigenvalue weighted by molar-refractivity contribution is -0.332. The molecule has 1 saturated heterocycles. The number of hydrogen-bond acceptors (Lipinski definition) is 4.